The van der Waals surface area contributed by atoms with Crippen LogP contribution in [0.15, 0.2) is 24.3 Å². The summed E-state index contributed by atoms with van der Waals surface area (Å²) in [5.41, 5.74) is -1.28. The Morgan fingerprint density at radius 2 is 1.82 bits per heavy atom. The second-order valence-corrected chi connectivity index (χ2v) is 3.22. The molecule has 4 nitrogen and oxygen atoms in total. The number of carboxylic acid groups (broad SMARTS) is 1. The van der Waals surface area contributed by atoms with Gasteiger partial charge in [0.1, 0.15) is 0 Å². The van der Waals surface area contributed by atoms with Gasteiger partial charge in [0.2, 0.25) is 5.82 Å². The molecule has 0 saturated carbocycles. The minimum atomic E-state index is -4.72. The molecule has 7 heteroatoms. The third kappa shape index (κ3) is 2.03. The maximum Gasteiger partial charge on any atom is 0.434 e. The molecule has 0 aliphatic heterocycles. The summed E-state index contributed by atoms with van der Waals surface area (Å²) < 4.78 is 38.0. The van der Waals surface area contributed by atoms with E-state index >= 15 is 0 Å². The number of carbonyl (C=O) groups is 1. The summed E-state index contributed by atoms with van der Waals surface area (Å²) in [4.78, 5) is 17.2. The number of aromatic carboxylic acids is 1. The average Bonchev–Trinajstić information content (AvgIpc) is 2.26. The first-order valence-corrected chi connectivity index (χ1v) is 4.47. The molecule has 0 spiro atoms. The molecule has 0 bridgehead atoms. The number of para-hydroxylation sites is 1. The SMILES string of the molecule is O=C(O)c1nc(C(F)(F)F)c2ccccc2n1. The van der Waals surface area contributed by atoms with Crippen molar-refractivity contribution in [1.29, 1.82) is 0 Å². The van der Waals surface area contributed by atoms with E-state index in [0.29, 0.717) is 0 Å². The fourth-order valence-electron chi connectivity index (χ4n) is 1.39. The Hall–Kier alpha value is -2.18. The number of alkyl halides is 3. The van der Waals surface area contributed by atoms with E-state index in [4.69, 9.17) is 5.11 Å². The van der Waals surface area contributed by atoms with E-state index in [2.05, 4.69) is 9.97 Å². The second kappa shape index (κ2) is 3.69. The molecule has 17 heavy (non-hydrogen) atoms. The van der Waals surface area contributed by atoms with Crippen molar-refractivity contribution in [2.45, 2.75) is 6.18 Å². The molecule has 0 fully saturated rings. The third-order valence-electron chi connectivity index (χ3n) is 2.06. The van der Waals surface area contributed by atoms with Gasteiger partial charge in [0.25, 0.3) is 0 Å². The van der Waals surface area contributed by atoms with Crippen molar-refractivity contribution in [2.24, 2.45) is 0 Å². The van der Waals surface area contributed by atoms with Crippen LogP contribution in [0.3, 0.4) is 0 Å². The summed E-state index contributed by atoms with van der Waals surface area (Å²) in [6.07, 6.45) is -4.72. The quantitative estimate of drug-likeness (QED) is 0.833. The topological polar surface area (TPSA) is 63.1 Å². The van der Waals surface area contributed by atoms with E-state index < -0.39 is 23.7 Å². The Bertz CT molecular complexity index is 596. The normalized spacial score (nSPS) is 11.7. The van der Waals surface area contributed by atoms with Crippen molar-refractivity contribution in [3.05, 3.63) is 35.8 Å². The van der Waals surface area contributed by atoms with Gasteiger partial charge in [-0.1, -0.05) is 18.2 Å². The van der Waals surface area contributed by atoms with E-state index in [1.54, 1.807) is 0 Å². The molecule has 2 aromatic rings. The summed E-state index contributed by atoms with van der Waals surface area (Å²) in [6, 6.07) is 5.38. The molecular formula is C10H5F3N2O2. The number of fused-ring (bicyclic) bond motifs is 1. The minimum absolute atomic E-state index is 0.0489. The molecule has 0 amide bonds. The van der Waals surface area contributed by atoms with Crippen LogP contribution in [-0.2, 0) is 6.18 Å². The van der Waals surface area contributed by atoms with Crippen LogP contribution in [0.4, 0.5) is 13.2 Å². The Labute approximate surface area is 92.7 Å². The summed E-state index contributed by atoms with van der Waals surface area (Å²) in [6.45, 7) is 0. The van der Waals surface area contributed by atoms with Gasteiger partial charge in [-0.05, 0) is 6.07 Å². The highest BCUT2D eigenvalue weighted by atomic mass is 19.4. The summed E-state index contributed by atoms with van der Waals surface area (Å²) in [5, 5.41) is 8.42. The lowest BCUT2D eigenvalue weighted by Gasteiger charge is -2.09. The molecule has 1 aromatic heterocycles. The van der Waals surface area contributed by atoms with E-state index in [9.17, 15) is 18.0 Å². The molecule has 0 aliphatic carbocycles. The summed E-state index contributed by atoms with van der Waals surface area (Å²) in [5.74, 6) is -2.46. The first-order valence-electron chi connectivity index (χ1n) is 4.47. The molecule has 1 heterocycles. The lowest BCUT2D eigenvalue weighted by molar-refractivity contribution is -0.139. The number of benzene rings is 1. The monoisotopic (exact) mass is 242 g/mol. The van der Waals surface area contributed by atoms with Gasteiger partial charge in [-0.15, -0.1) is 0 Å². The van der Waals surface area contributed by atoms with Crippen molar-refractivity contribution >= 4 is 16.9 Å². The molecule has 0 unspecified atom stereocenters. The Morgan fingerprint density at radius 1 is 1.18 bits per heavy atom. The molecular weight excluding hydrogens is 237 g/mol. The number of rotatable bonds is 1. The van der Waals surface area contributed by atoms with E-state index in [0.717, 1.165) is 0 Å². The molecule has 0 aliphatic rings. The van der Waals surface area contributed by atoms with E-state index in [1.165, 1.54) is 24.3 Å². The standard InChI is InChI=1S/C10H5F3N2O2/c11-10(12,13)7-5-3-1-2-4-6(5)14-8(15-7)9(16)17/h1-4H,(H,16,17). The van der Waals surface area contributed by atoms with Crippen molar-refractivity contribution in [3.63, 3.8) is 0 Å². The molecule has 0 saturated heterocycles. The van der Waals surface area contributed by atoms with Crippen LogP contribution in [0, 0.1) is 0 Å². The lowest BCUT2D eigenvalue weighted by Crippen LogP contribution is -2.14. The number of carboxylic acids is 1. The van der Waals surface area contributed by atoms with Gasteiger partial charge >= 0.3 is 12.1 Å². The van der Waals surface area contributed by atoms with Gasteiger partial charge < -0.3 is 5.11 Å². The van der Waals surface area contributed by atoms with Crippen molar-refractivity contribution in [1.82, 2.24) is 9.97 Å². The van der Waals surface area contributed by atoms with E-state index in [-0.39, 0.29) is 10.9 Å². The van der Waals surface area contributed by atoms with Gasteiger partial charge in [-0.25, -0.2) is 14.8 Å². The maximum atomic E-state index is 12.7. The maximum absolute atomic E-state index is 12.7. The van der Waals surface area contributed by atoms with Gasteiger partial charge in [0, 0.05) is 5.39 Å². The predicted molar refractivity (Wildman–Crippen MR) is 51.5 cm³/mol. The summed E-state index contributed by atoms with van der Waals surface area (Å²) in [7, 11) is 0. The van der Waals surface area contributed by atoms with Crippen molar-refractivity contribution < 1.29 is 23.1 Å². The van der Waals surface area contributed by atoms with Crippen LogP contribution in [-0.4, -0.2) is 21.0 Å². The molecule has 0 radical (unpaired) electrons. The highest BCUT2D eigenvalue weighted by Gasteiger charge is 2.36. The molecule has 0 atom stereocenters. The first-order chi connectivity index (χ1) is 7.89. The highest BCUT2D eigenvalue weighted by molar-refractivity contribution is 5.88. The fraction of sp³-hybridized carbons (Fsp3) is 0.100. The summed E-state index contributed by atoms with van der Waals surface area (Å²) >= 11 is 0. The Kier molecular flexibility index (Phi) is 2.45. The fourth-order valence-corrected chi connectivity index (χ4v) is 1.39. The zero-order valence-corrected chi connectivity index (χ0v) is 8.19. The van der Waals surface area contributed by atoms with Gasteiger partial charge in [-0.2, -0.15) is 13.2 Å². The van der Waals surface area contributed by atoms with Crippen molar-refractivity contribution in [2.75, 3.05) is 0 Å². The number of hydrogen-bond donors (Lipinski definition) is 1. The molecule has 1 aromatic carbocycles. The smallest absolute Gasteiger partial charge is 0.434 e. The van der Waals surface area contributed by atoms with E-state index in [1.807, 2.05) is 0 Å². The van der Waals surface area contributed by atoms with Gasteiger partial charge in [0.05, 0.1) is 5.52 Å². The third-order valence-corrected chi connectivity index (χ3v) is 2.06. The second-order valence-electron chi connectivity index (χ2n) is 3.22. The largest absolute Gasteiger partial charge is 0.475 e. The van der Waals surface area contributed by atoms with Crippen LogP contribution in [0.5, 0.6) is 0 Å². The van der Waals surface area contributed by atoms with Crippen molar-refractivity contribution in [3.8, 4) is 0 Å². The van der Waals surface area contributed by atoms with Crippen LogP contribution >= 0.6 is 0 Å². The Morgan fingerprint density at radius 3 is 2.41 bits per heavy atom. The predicted octanol–water partition coefficient (Wildman–Crippen LogP) is 2.35. The van der Waals surface area contributed by atoms with Crippen LogP contribution in [0.1, 0.15) is 16.3 Å². The highest BCUT2D eigenvalue weighted by Crippen LogP contribution is 2.32. The molecule has 88 valence electrons. The minimum Gasteiger partial charge on any atom is -0.475 e. The van der Waals surface area contributed by atoms with Crippen LogP contribution < -0.4 is 0 Å². The van der Waals surface area contributed by atoms with Gasteiger partial charge in [-0.3, -0.25) is 0 Å². The Balaban J connectivity index is 2.83. The number of hydrogen-bond acceptors (Lipinski definition) is 3. The number of halogens is 3. The first kappa shape index (κ1) is 11.3. The number of aromatic nitrogens is 2. The molecule has 1 N–H and O–H groups in total. The average molecular weight is 242 g/mol. The van der Waals surface area contributed by atoms with Gasteiger partial charge in [0.15, 0.2) is 5.69 Å². The zero-order valence-electron chi connectivity index (χ0n) is 8.19. The van der Waals surface area contributed by atoms with Crippen LogP contribution in [0.25, 0.3) is 10.9 Å². The lowest BCUT2D eigenvalue weighted by atomic mass is 10.2. The molecule has 2 rings (SSSR count). The number of nitrogens with zero attached hydrogens (tertiary/aromatic N) is 2. The zero-order chi connectivity index (χ0) is 12.6. The van der Waals surface area contributed by atoms with Crippen LogP contribution in [0.2, 0.25) is 0 Å².